The number of nitrogens with zero attached hydrogens (tertiary/aromatic N) is 2. The number of aromatic nitrogens is 1. The van der Waals surface area contributed by atoms with Gasteiger partial charge in [-0.15, -0.1) is 0 Å². The monoisotopic (exact) mass is 820 g/mol. The summed E-state index contributed by atoms with van der Waals surface area (Å²) < 4.78 is 43.7. The lowest BCUT2D eigenvalue weighted by molar-refractivity contribution is -0.221. The van der Waals surface area contributed by atoms with E-state index in [1.165, 1.54) is 80.2 Å². The molecule has 1 aromatic rings. The summed E-state index contributed by atoms with van der Waals surface area (Å²) in [5.74, 6) is 2.10. The van der Waals surface area contributed by atoms with E-state index in [2.05, 4.69) is 75.5 Å². The van der Waals surface area contributed by atoms with E-state index in [-0.39, 0.29) is 51.2 Å². The van der Waals surface area contributed by atoms with Gasteiger partial charge in [0.25, 0.3) is 0 Å². The van der Waals surface area contributed by atoms with Crippen LogP contribution in [0.25, 0.3) is 0 Å². The number of allylic oxidation sites excluding steroid dienone is 5. The van der Waals surface area contributed by atoms with Gasteiger partial charge in [-0.1, -0.05) is 65.0 Å². The van der Waals surface area contributed by atoms with Gasteiger partial charge in [0.2, 0.25) is 11.8 Å². The fourth-order valence-corrected chi connectivity index (χ4v) is 16.5. The molecule has 2 N–H and O–H groups in total. The SMILES string of the molecule is C=C(C)[C@@H]1CC[C@]2(NCCN3CCS(=O)(=O)CC3)CC[C@]3(C)[C@H](CCC4[C@@]5(C)CC=C(C6=CC[C@@](COc7cccc(F)n7)(C(=O)O)CC6)C(C)(C)[C@@H]5CC[C@]43C)[C@@H]12. The van der Waals surface area contributed by atoms with Crippen LogP contribution in [0.4, 0.5) is 4.39 Å². The smallest absolute Gasteiger partial charge is 0.313 e. The summed E-state index contributed by atoms with van der Waals surface area (Å²) in [6, 6.07) is 4.35. The Hall–Kier alpha value is -2.56. The van der Waals surface area contributed by atoms with Crippen LogP contribution in [-0.4, -0.2) is 79.2 Å². The van der Waals surface area contributed by atoms with Crippen LogP contribution in [-0.2, 0) is 14.6 Å². The Bertz CT molecular complexity index is 1970. The third-order valence-electron chi connectivity index (χ3n) is 18.6. The summed E-state index contributed by atoms with van der Waals surface area (Å²) in [5.41, 5.74) is 3.73. The molecule has 8 rings (SSSR count). The van der Waals surface area contributed by atoms with Gasteiger partial charge in [0.15, 0.2) is 9.84 Å². The predicted molar refractivity (Wildman–Crippen MR) is 228 cm³/mol. The van der Waals surface area contributed by atoms with Crippen molar-refractivity contribution in [3.05, 3.63) is 59.6 Å². The normalized spacial score (nSPS) is 41.8. The van der Waals surface area contributed by atoms with Gasteiger partial charge in [-0.05, 0) is 152 Å². The van der Waals surface area contributed by atoms with Gasteiger partial charge in [0.1, 0.15) is 12.0 Å². The molecule has 5 fully saturated rings. The van der Waals surface area contributed by atoms with Gasteiger partial charge in [-0.3, -0.25) is 4.79 Å². The lowest BCUT2D eigenvalue weighted by Gasteiger charge is -2.72. The maximum absolute atomic E-state index is 13.7. The minimum absolute atomic E-state index is 0.0379. The summed E-state index contributed by atoms with van der Waals surface area (Å²) >= 11 is 0. The largest absolute Gasteiger partial charge is 0.481 e. The number of nitrogens with one attached hydrogen (secondary N) is 1. The lowest BCUT2D eigenvalue weighted by atomic mass is 9.33. The van der Waals surface area contributed by atoms with Crippen LogP contribution in [0.5, 0.6) is 5.88 Å². The highest BCUT2D eigenvalue weighted by molar-refractivity contribution is 7.91. The van der Waals surface area contributed by atoms with E-state index in [9.17, 15) is 22.7 Å². The molecule has 10 atom stereocenters. The summed E-state index contributed by atoms with van der Waals surface area (Å²) in [6.45, 7) is 22.9. The van der Waals surface area contributed by atoms with E-state index in [0.717, 1.165) is 19.5 Å². The maximum Gasteiger partial charge on any atom is 0.313 e. The molecule has 320 valence electrons. The topological polar surface area (TPSA) is 109 Å². The van der Waals surface area contributed by atoms with Crippen molar-refractivity contribution in [1.82, 2.24) is 15.2 Å². The van der Waals surface area contributed by atoms with Crippen LogP contribution < -0.4 is 10.1 Å². The van der Waals surface area contributed by atoms with Crippen LogP contribution >= 0.6 is 0 Å². The molecule has 1 unspecified atom stereocenters. The number of aliphatic carboxylic acids is 1. The zero-order chi connectivity index (χ0) is 41.5. The molecule has 8 nitrogen and oxygen atoms in total. The van der Waals surface area contributed by atoms with Crippen molar-refractivity contribution in [3.8, 4) is 5.88 Å². The van der Waals surface area contributed by atoms with Gasteiger partial charge in [-0.25, -0.2) is 8.42 Å². The standard InChI is InChI=1S/C48H70FN3O5S/c1-32(2)34-15-22-48(50-25-26-52-27-29-58(55,56)30-28-52)24-23-45(6)36(41(34)48)11-12-38-44(5)18-16-35(43(3,4)37(44)17-19-46(38,45)7)33-13-20-47(21-14-33,42(53)54)31-57-40-10-8-9-39(49)51-40/h8-10,13,16,34,36-38,41,50H,1,11-12,14-15,17-31H2,2-7H3,(H,53,54)/t34-,36+,37-,38?,41+,44-,45+,46+,47+,48-/m0/s1. The predicted octanol–water partition coefficient (Wildman–Crippen LogP) is 9.05. The first-order chi connectivity index (χ1) is 27.3. The van der Waals surface area contributed by atoms with Crippen LogP contribution in [0.15, 0.2) is 53.6 Å². The number of fused-ring (bicyclic) bond motifs is 7. The molecular formula is C48H70FN3O5S. The number of sulfone groups is 1. The highest BCUT2D eigenvalue weighted by Crippen LogP contribution is 2.76. The average Bonchev–Trinajstić information content (AvgIpc) is 3.55. The van der Waals surface area contributed by atoms with E-state index < -0.39 is 27.2 Å². The third kappa shape index (κ3) is 6.76. The van der Waals surface area contributed by atoms with E-state index in [4.69, 9.17) is 4.74 Å². The summed E-state index contributed by atoms with van der Waals surface area (Å²) in [7, 11) is -2.88. The van der Waals surface area contributed by atoms with E-state index >= 15 is 0 Å². The fourth-order valence-electron chi connectivity index (χ4n) is 15.3. The Kier molecular flexibility index (Phi) is 10.8. The molecule has 0 amide bonds. The van der Waals surface area contributed by atoms with E-state index in [1.54, 1.807) is 6.07 Å². The van der Waals surface area contributed by atoms with Crippen molar-refractivity contribution < 1.29 is 27.4 Å². The second kappa shape index (κ2) is 14.8. The van der Waals surface area contributed by atoms with Gasteiger partial charge < -0.3 is 20.1 Å². The Balaban J connectivity index is 1.01. The first kappa shape index (κ1) is 42.1. The number of hydrogen-bond acceptors (Lipinski definition) is 7. The van der Waals surface area contributed by atoms with Crippen molar-refractivity contribution in [2.45, 2.75) is 124 Å². The average molecular weight is 820 g/mol. The summed E-state index contributed by atoms with van der Waals surface area (Å²) in [6.07, 6.45) is 17.2. The zero-order valence-electron chi connectivity index (χ0n) is 36.2. The minimum Gasteiger partial charge on any atom is -0.481 e. The summed E-state index contributed by atoms with van der Waals surface area (Å²) in [4.78, 5) is 18.8. The maximum atomic E-state index is 13.7. The van der Waals surface area contributed by atoms with Crippen molar-refractivity contribution in [2.75, 3.05) is 44.3 Å². The molecule has 0 spiro atoms. The number of pyridine rings is 1. The number of carboxylic acid groups (broad SMARTS) is 1. The Morgan fingerprint density at radius 3 is 2.40 bits per heavy atom. The van der Waals surface area contributed by atoms with Crippen LogP contribution in [0.2, 0.25) is 0 Å². The molecule has 4 saturated carbocycles. The van der Waals surface area contributed by atoms with Gasteiger partial charge >= 0.3 is 5.97 Å². The molecular weight excluding hydrogens is 750 g/mol. The van der Waals surface area contributed by atoms with E-state index in [0.29, 0.717) is 61.9 Å². The van der Waals surface area contributed by atoms with Crippen LogP contribution in [0.3, 0.4) is 0 Å². The number of halogens is 1. The molecule has 7 aliphatic rings. The van der Waals surface area contributed by atoms with Crippen LogP contribution in [0.1, 0.15) is 119 Å². The fraction of sp³-hybridized carbons (Fsp3) is 0.750. The molecule has 6 aliphatic carbocycles. The Morgan fingerprint density at radius 2 is 1.72 bits per heavy atom. The van der Waals surface area contributed by atoms with Crippen molar-refractivity contribution in [3.63, 3.8) is 0 Å². The van der Waals surface area contributed by atoms with E-state index in [1.807, 2.05) is 0 Å². The Labute approximate surface area is 347 Å². The molecule has 1 aromatic heterocycles. The van der Waals surface area contributed by atoms with Crippen LogP contribution in [0, 0.1) is 62.6 Å². The Morgan fingerprint density at radius 1 is 0.966 bits per heavy atom. The van der Waals surface area contributed by atoms with Gasteiger partial charge in [0.05, 0.1) is 11.5 Å². The molecule has 0 bridgehead atoms. The highest BCUT2D eigenvalue weighted by atomic mass is 32.2. The molecule has 1 aliphatic heterocycles. The number of carbonyl (C=O) groups is 1. The molecule has 1 saturated heterocycles. The highest BCUT2D eigenvalue weighted by Gasteiger charge is 2.70. The van der Waals surface area contributed by atoms with Gasteiger partial charge in [0, 0.05) is 37.8 Å². The van der Waals surface area contributed by atoms with Crippen molar-refractivity contribution >= 4 is 15.8 Å². The number of hydrogen-bond donors (Lipinski definition) is 2. The second-order valence-corrected chi connectivity index (χ2v) is 23.7. The number of carboxylic acids is 1. The molecule has 58 heavy (non-hydrogen) atoms. The third-order valence-corrected chi connectivity index (χ3v) is 20.2. The number of rotatable bonds is 10. The zero-order valence-corrected chi connectivity index (χ0v) is 37.0. The van der Waals surface area contributed by atoms with Crippen molar-refractivity contribution in [2.24, 2.45) is 56.7 Å². The molecule has 10 heteroatoms. The summed E-state index contributed by atoms with van der Waals surface area (Å²) in [5, 5.41) is 14.6. The molecule has 2 heterocycles. The van der Waals surface area contributed by atoms with Crippen molar-refractivity contribution in [1.29, 1.82) is 0 Å². The second-order valence-electron chi connectivity index (χ2n) is 21.4. The molecule has 0 radical (unpaired) electrons. The van der Waals surface area contributed by atoms with Gasteiger partial charge in [-0.2, -0.15) is 9.37 Å². The first-order valence-corrected chi connectivity index (χ1v) is 24.3. The first-order valence-electron chi connectivity index (χ1n) is 22.5. The number of ether oxygens (including phenoxy) is 1. The quantitative estimate of drug-likeness (QED) is 0.178. The minimum atomic E-state index is -2.88. The lowest BCUT2D eigenvalue weighted by Crippen LogP contribution is -2.68. The molecule has 0 aromatic carbocycles.